The fraction of sp³-hybridized carbons (Fsp3) is 0.312. The van der Waals surface area contributed by atoms with E-state index in [0.717, 1.165) is 11.3 Å². The summed E-state index contributed by atoms with van der Waals surface area (Å²) in [4.78, 5) is 12.2. The lowest BCUT2D eigenvalue weighted by molar-refractivity contribution is 0.0955. The van der Waals surface area contributed by atoms with Crippen molar-refractivity contribution in [1.82, 2.24) is 5.43 Å². The largest absolute Gasteiger partial charge is 0.489 e. The third-order valence-electron chi connectivity index (χ3n) is 3.34. The van der Waals surface area contributed by atoms with Gasteiger partial charge in [-0.2, -0.15) is 0 Å². The molecule has 0 aliphatic rings. The van der Waals surface area contributed by atoms with Gasteiger partial charge in [0, 0.05) is 5.56 Å². The summed E-state index contributed by atoms with van der Waals surface area (Å²) in [5.74, 6) is 6.19. The number of aryl methyl sites for hydroxylation is 1. The quantitative estimate of drug-likeness (QED) is 0.506. The minimum absolute atomic E-state index is 0.282. The molecule has 5 heteroatoms. The first-order chi connectivity index (χ1) is 10.0. The summed E-state index contributed by atoms with van der Waals surface area (Å²) in [6, 6.07) is 7.97. The Balaban J connectivity index is 2.09. The summed E-state index contributed by atoms with van der Waals surface area (Å²) in [7, 11) is 0. The van der Waals surface area contributed by atoms with Gasteiger partial charge >= 0.3 is 0 Å². The average Bonchev–Trinajstić information content (AvgIpc) is 2.92. The summed E-state index contributed by atoms with van der Waals surface area (Å²) in [5, 5.41) is 1.86. The number of carbonyl (C=O) groups is 1. The molecule has 21 heavy (non-hydrogen) atoms. The monoisotopic (exact) mass is 304 g/mol. The number of thiophene rings is 1. The second kappa shape index (κ2) is 6.74. The number of amides is 1. The molecule has 1 heterocycles. The minimum atomic E-state index is -0.282. The number of hydrogen-bond acceptors (Lipinski definition) is 4. The Morgan fingerprint density at radius 1 is 1.38 bits per heavy atom. The summed E-state index contributed by atoms with van der Waals surface area (Å²) < 4.78 is 5.79. The van der Waals surface area contributed by atoms with Crippen LogP contribution in [0.4, 0.5) is 0 Å². The van der Waals surface area contributed by atoms with Crippen LogP contribution in [0, 0.1) is 6.92 Å². The van der Waals surface area contributed by atoms with Crippen molar-refractivity contribution in [2.45, 2.75) is 33.3 Å². The SMILES string of the molecule is Cc1cc(OCc2ccsc2C(=O)NN)ccc1C(C)C. The topological polar surface area (TPSA) is 64.3 Å². The molecule has 0 radical (unpaired) electrons. The van der Waals surface area contributed by atoms with Crippen LogP contribution in [0.5, 0.6) is 5.75 Å². The molecule has 0 unspecified atom stereocenters. The van der Waals surface area contributed by atoms with E-state index in [1.165, 1.54) is 22.5 Å². The maximum absolute atomic E-state index is 11.6. The van der Waals surface area contributed by atoms with E-state index in [4.69, 9.17) is 10.6 Å². The molecule has 4 nitrogen and oxygen atoms in total. The molecular weight excluding hydrogens is 284 g/mol. The molecule has 0 fully saturated rings. The predicted octanol–water partition coefficient (Wildman–Crippen LogP) is 3.36. The number of hydrazine groups is 1. The molecule has 0 saturated heterocycles. The van der Waals surface area contributed by atoms with Gasteiger partial charge < -0.3 is 4.74 Å². The normalized spacial score (nSPS) is 10.7. The van der Waals surface area contributed by atoms with Crippen LogP contribution >= 0.6 is 11.3 Å². The first-order valence-corrected chi connectivity index (χ1v) is 7.71. The Kier molecular flexibility index (Phi) is 4.98. The molecule has 0 aliphatic carbocycles. The van der Waals surface area contributed by atoms with E-state index in [-0.39, 0.29) is 5.91 Å². The van der Waals surface area contributed by atoms with Gasteiger partial charge in [-0.3, -0.25) is 10.2 Å². The molecule has 1 aromatic carbocycles. The number of nitrogen functional groups attached to an aromatic ring is 1. The Morgan fingerprint density at radius 2 is 2.14 bits per heavy atom. The molecule has 2 rings (SSSR count). The third kappa shape index (κ3) is 3.62. The van der Waals surface area contributed by atoms with E-state index in [1.807, 2.05) is 23.6 Å². The number of rotatable bonds is 5. The number of nitrogens with one attached hydrogen (secondary N) is 1. The van der Waals surface area contributed by atoms with Gasteiger partial charge in [0.25, 0.3) is 5.91 Å². The Hall–Kier alpha value is -1.85. The highest BCUT2D eigenvalue weighted by Gasteiger charge is 2.12. The summed E-state index contributed by atoms with van der Waals surface area (Å²) in [6.45, 7) is 6.78. The van der Waals surface area contributed by atoms with Crippen LogP contribution in [0.25, 0.3) is 0 Å². The molecule has 0 atom stereocenters. The van der Waals surface area contributed by atoms with Gasteiger partial charge in [0.15, 0.2) is 0 Å². The highest BCUT2D eigenvalue weighted by atomic mass is 32.1. The summed E-state index contributed by atoms with van der Waals surface area (Å²) >= 11 is 1.35. The standard InChI is InChI=1S/C16H20N2O2S/c1-10(2)14-5-4-13(8-11(14)3)20-9-12-6-7-21-15(12)16(19)18-17/h4-8,10H,9,17H2,1-3H3,(H,18,19). The maximum Gasteiger partial charge on any atom is 0.275 e. The van der Waals surface area contributed by atoms with Crippen molar-refractivity contribution >= 4 is 17.2 Å². The van der Waals surface area contributed by atoms with Gasteiger partial charge in [-0.05, 0) is 47.5 Å². The van der Waals surface area contributed by atoms with Gasteiger partial charge in [0.1, 0.15) is 12.4 Å². The van der Waals surface area contributed by atoms with Gasteiger partial charge in [-0.1, -0.05) is 19.9 Å². The summed E-state index contributed by atoms with van der Waals surface area (Å²) in [6.07, 6.45) is 0. The van der Waals surface area contributed by atoms with E-state index < -0.39 is 0 Å². The zero-order chi connectivity index (χ0) is 15.4. The molecule has 2 aromatic rings. The highest BCUT2D eigenvalue weighted by Crippen LogP contribution is 2.25. The van der Waals surface area contributed by atoms with E-state index in [0.29, 0.717) is 17.4 Å². The molecule has 3 N–H and O–H groups in total. The van der Waals surface area contributed by atoms with Gasteiger partial charge in [0.2, 0.25) is 0 Å². The van der Waals surface area contributed by atoms with Crippen LogP contribution in [0.1, 0.15) is 46.1 Å². The highest BCUT2D eigenvalue weighted by molar-refractivity contribution is 7.12. The number of benzene rings is 1. The molecule has 112 valence electrons. The Bertz CT molecular complexity index is 635. The van der Waals surface area contributed by atoms with Crippen LogP contribution in [-0.2, 0) is 6.61 Å². The number of hydrogen-bond donors (Lipinski definition) is 2. The van der Waals surface area contributed by atoms with Gasteiger partial charge in [0.05, 0.1) is 4.88 Å². The number of nitrogens with two attached hydrogens (primary N) is 1. The second-order valence-corrected chi connectivity index (χ2v) is 6.13. The van der Waals surface area contributed by atoms with Crippen LogP contribution in [0.2, 0.25) is 0 Å². The minimum Gasteiger partial charge on any atom is -0.489 e. The number of carbonyl (C=O) groups excluding carboxylic acids is 1. The Labute approximate surface area is 128 Å². The fourth-order valence-electron chi connectivity index (χ4n) is 2.26. The predicted molar refractivity (Wildman–Crippen MR) is 85.6 cm³/mol. The first-order valence-electron chi connectivity index (χ1n) is 6.83. The molecule has 0 bridgehead atoms. The van der Waals surface area contributed by atoms with Gasteiger partial charge in [-0.15, -0.1) is 11.3 Å². The van der Waals surface area contributed by atoms with E-state index in [9.17, 15) is 4.79 Å². The van der Waals surface area contributed by atoms with Gasteiger partial charge in [-0.25, -0.2) is 5.84 Å². The van der Waals surface area contributed by atoms with Crippen LogP contribution in [-0.4, -0.2) is 5.91 Å². The van der Waals surface area contributed by atoms with Crippen LogP contribution in [0.15, 0.2) is 29.6 Å². The lowest BCUT2D eigenvalue weighted by Gasteiger charge is -2.12. The smallest absolute Gasteiger partial charge is 0.275 e. The average molecular weight is 304 g/mol. The molecule has 0 saturated carbocycles. The molecule has 1 amide bonds. The van der Waals surface area contributed by atoms with E-state index in [1.54, 1.807) is 0 Å². The third-order valence-corrected chi connectivity index (χ3v) is 4.30. The van der Waals surface area contributed by atoms with Crippen LogP contribution in [0.3, 0.4) is 0 Å². The fourth-order valence-corrected chi connectivity index (χ4v) is 3.07. The molecule has 0 spiro atoms. The summed E-state index contributed by atoms with van der Waals surface area (Å²) in [5.41, 5.74) is 5.53. The van der Waals surface area contributed by atoms with Crippen LogP contribution < -0.4 is 16.0 Å². The van der Waals surface area contributed by atoms with Crippen molar-refractivity contribution < 1.29 is 9.53 Å². The van der Waals surface area contributed by atoms with Crippen molar-refractivity contribution in [2.75, 3.05) is 0 Å². The van der Waals surface area contributed by atoms with E-state index >= 15 is 0 Å². The lowest BCUT2D eigenvalue weighted by atomic mass is 9.98. The molecular formula is C16H20N2O2S. The zero-order valence-electron chi connectivity index (χ0n) is 12.5. The number of ether oxygens (including phenoxy) is 1. The molecule has 0 aliphatic heterocycles. The Morgan fingerprint density at radius 3 is 2.76 bits per heavy atom. The van der Waals surface area contributed by atoms with Crippen molar-refractivity contribution in [3.63, 3.8) is 0 Å². The second-order valence-electron chi connectivity index (χ2n) is 5.21. The van der Waals surface area contributed by atoms with Crippen molar-refractivity contribution in [3.8, 4) is 5.75 Å². The molecule has 1 aromatic heterocycles. The maximum atomic E-state index is 11.6. The lowest BCUT2D eigenvalue weighted by Crippen LogP contribution is -2.30. The van der Waals surface area contributed by atoms with Crippen molar-refractivity contribution in [3.05, 3.63) is 51.2 Å². The van der Waals surface area contributed by atoms with E-state index in [2.05, 4.69) is 32.3 Å². The van der Waals surface area contributed by atoms with Crippen molar-refractivity contribution in [2.24, 2.45) is 5.84 Å². The van der Waals surface area contributed by atoms with Crippen molar-refractivity contribution in [1.29, 1.82) is 0 Å². The first kappa shape index (κ1) is 15.5. The zero-order valence-corrected chi connectivity index (χ0v) is 13.3.